The summed E-state index contributed by atoms with van der Waals surface area (Å²) in [6.07, 6.45) is 0.836. The molecule has 1 aromatic carbocycles. The van der Waals surface area contributed by atoms with E-state index in [2.05, 4.69) is 0 Å². The second kappa shape index (κ2) is 5.65. The minimum absolute atomic E-state index is 0.615. The average Bonchev–Trinajstić information content (AvgIpc) is 2.43. The maximum absolute atomic E-state index is 14.2. The normalized spacial score (nSPS) is 18.9. The van der Waals surface area contributed by atoms with Gasteiger partial charge in [0.05, 0.1) is 9.64 Å². The van der Waals surface area contributed by atoms with E-state index in [1.54, 1.807) is 20.8 Å². The molecule has 1 aromatic rings. The molecule has 0 saturated carbocycles. The van der Waals surface area contributed by atoms with Gasteiger partial charge >= 0.3 is 0 Å². The summed E-state index contributed by atoms with van der Waals surface area (Å²) in [6.45, 7) is 5.24. The fraction of sp³-hybridized carbons (Fsp3) is 0.571. The highest BCUT2D eigenvalue weighted by atomic mass is 32.2. The zero-order chi connectivity index (χ0) is 16.0. The second-order valence-electron chi connectivity index (χ2n) is 5.86. The Morgan fingerprint density at radius 2 is 1.14 bits per heavy atom. The molecule has 1 fully saturated rings. The molecule has 0 N–H and O–H groups in total. The zero-order valence-electron chi connectivity index (χ0n) is 11.8. The van der Waals surface area contributed by atoms with Crippen LogP contribution in [-0.4, -0.2) is 11.5 Å². The van der Waals surface area contributed by atoms with Crippen LogP contribution in [0.15, 0.2) is 0 Å². The van der Waals surface area contributed by atoms with Gasteiger partial charge in [-0.05, 0) is 23.3 Å². The van der Waals surface area contributed by atoms with E-state index >= 15 is 0 Å². The van der Waals surface area contributed by atoms with Crippen LogP contribution in [0.3, 0.4) is 0 Å². The molecule has 0 aliphatic carbocycles. The summed E-state index contributed by atoms with van der Waals surface area (Å²) in [7, 11) is 0. The summed E-state index contributed by atoms with van der Waals surface area (Å²) in [5.74, 6) is -8.07. The predicted octanol–water partition coefficient (Wildman–Crippen LogP) is 5.45. The standard InChI is InChI=1S/C14H15F5S2/c1-13(2,3)14(20-5-4-6-21-14)7-8(15)10(17)12(19)11(18)9(7)16/h4-6H2,1-3H3. The SMILES string of the molecule is CC(C)(C)C1(c2c(F)c(F)c(F)c(F)c2F)SCCCS1. The molecule has 1 saturated heterocycles. The minimum Gasteiger partial charge on any atom is -0.203 e. The summed E-state index contributed by atoms with van der Waals surface area (Å²) >= 11 is 2.50. The lowest BCUT2D eigenvalue weighted by molar-refractivity contribution is 0.323. The highest BCUT2D eigenvalue weighted by molar-refractivity contribution is 8.18. The van der Waals surface area contributed by atoms with Crippen LogP contribution in [0.4, 0.5) is 22.0 Å². The lowest BCUT2D eigenvalue weighted by atomic mass is 9.85. The van der Waals surface area contributed by atoms with E-state index in [-0.39, 0.29) is 0 Å². The third-order valence-corrected chi connectivity index (χ3v) is 7.56. The van der Waals surface area contributed by atoms with E-state index in [1.807, 2.05) is 0 Å². The Labute approximate surface area is 128 Å². The summed E-state index contributed by atoms with van der Waals surface area (Å²) in [5.41, 5.74) is -1.39. The summed E-state index contributed by atoms with van der Waals surface area (Å²) in [4.78, 5) is 0. The first kappa shape index (κ1) is 16.9. The molecule has 21 heavy (non-hydrogen) atoms. The van der Waals surface area contributed by atoms with Crippen LogP contribution in [0.1, 0.15) is 32.8 Å². The van der Waals surface area contributed by atoms with Gasteiger partial charge in [-0.1, -0.05) is 20.8 Å². The molecule has 0 aromatic heterocycles. The van der Waals surface area contributed by atoms with Crippen molar-refractivity contribution in [3.05, 3.63) is 34.6 Å². The van der Waals surface area contributed by atoms with Crippen molar-refractivity contribution in [2.45, 2.75) is 31.3 Å². The molecule has 0 radical (unpaired) electrons. The summed E-state index contributed by atoms with van der Waals surface area (Å²) < 4.78 is 67.5. The van der Waals surface area contributed by atoms with Gasteiger partial charge < -0.3 is 0 Å². The topological polar surface area (TPSA) is 0 Å². The van der Waals surface area contributed by atoms with Crippen LogP contribution < -0.4 is 0 Å². The number of benzene rings is 1. The predicted molar refractivity (Wildman–Crippen MR) is 76.9 cm³/mol. The molecule has 2 rings (SSSR count). The van der Waals surface area contributed by atoms with Crippen molar-refractivity contribution in [3.63, 3.8) is 0 Å². The minimum atomic E-state index is -2.11. The number of rotatable bonds is 1. The van der Waals surface area contributed by atoms with Crippen LogP contribution >= 0.6 is 23.5 Å². The van der Waals surface area contributed by atoms with Crippen molar-refractivity contribution in [2.75, 3.05) is 11.5 Å². The lowest BCUT2D eigenvalue weighted by Crippen LogP contribution is -2.39. The van der Waals surface area contributed by atoms with Gasteiger partial charge in [-0.3, -0.25) is 0 Å². The van der Waals surface area contributed by atoms with Gasteiger partial charge in [0.2, 0.25) is 5.82 Å². The highest BCUT2D eigenvalue weighted by Crippen LogP contribution is 2.61. The molecule has 0 amide bonds. The Bertz CT molecular complexity index is 530. The van der Waals surface area contributed by atoms with Gasteiger partial charge in [0, 0.05) is 0 Å². The molecule has 0 atom stereocenters. The van der Waals surface area contributed by atoms with E-state index < -0.39 is 44.1 Å². The van der Waals surface area contributed by atoms with E-state index in [9.17, 15) is 22.0 Å². The fourth-order valence-corrected chi connectivity index (χ4v) is 6.06. The van der Waals surface area contributed by atoms with Gasteiger partial charge in [-0.2, -0.15) is 0 Å². The third kappa shape index (κ3) is 2.56. The van der Waals surface area contributed by atoms with Crippen LogP contribution in [0, 0.1) is 34.5 Å². The molecule has 0 unspecified atom stereocenters. The molecular weight excluding hydrogens is 327 g/mol. The van der Waals surface area contributed by atoms with Gasteiger partial charge in [-0.25, -0.2) is 22.0 Å². The quantitative estimate of drug-likeness (QED) is 0.378. The van der Waals surface area contributed by atoms with Crippen LogP contribution in [0.2, 0.25) is 0 Å². The highest BCUT2D eigenvalue weighted by Gasteiger charge is 2.51. The van der Waals surface area contributed by atoms with Gasteiger partial charge in [0.15, 0.2) is 23.3 Å². The van der Waals surface area contributed by atoms with Crippen LogP contribution in [0.25, 0.3) is 0 Å². The van der Waals surface area contributed by atoms with E-state index in [4.69, 9.17) is 0 Å². The van der Waals surface area contributed by atoms with Crippen LogP contribution in [0.5, 0.6) is 0 Å². The number of thioether (sulfide) groups is 2. The first-order valence-electron chi connectivity index (χ1n) is 6.43. The fourth-order valence-electron chi connectivity index (χ4n) is 2.38. The van der Waals surface area contributed by atoms with Gasteiger partial charge in [0.1, 0.15) is 0 Å². The molecule has 1 heterocycles. The van der Waals surface area contributed by atoms with E-state index in [1.165, 1.54) is 23.5 Å². The van der Waals surface area contributed by atoms with Gasteiger partial charge in [-0.15, -0.1) is 23.5 Å². The Balaban J connectivity index is 2.78. The second-order valence-corrected chi connectivity index (χ2v) is 8.74. The van der Waals surface area contributed by atoms with Crippen molar-refractivity contribution < 1.29 is 22.0 Å². The van der Waals surface area contributed by atoms with Crippen molar-refractivity contribution >= 4 is 23.5 Å². The first-order valence-corrected chi connectivity index (χ1v) is 8.40. The van der Waals surface area contributed by atoms with E-state index in [0.717, 1.165) is 6.42 Å². The monoisotopic (exact) mass is 342 g/mol. The molecule has 118 valence electrons. The van der Waals surface area contributed by atoms with Gasteiger partial charge in [0.25, 0.3) is 0 Å². The Hall–Kier alpha value is -0.430. The first-order chi connectivity index (χ1) is 9.63. The van der Waals surface area contributed by atoms with Crippen LogP contribution in [-0.2, 0) is 4.08 Å². The Morgan fingerprint density at radius 3 is 1.52 bits per heavy atom. The third-order valence-electron chi connectivity index (χ3n) is 3.43. The average molecular weight is 342 g/mol. The molecule has 0 spiro atoms. The Kier molecular flexibility index (Phi) is 4.55. The largest absolute Gasteiger partial charge is 0.203 e. The molecular formula is C14H15F5S2. The van der Waals surface area contributed by atoms with Crippen molar-refractivity contribution in [1.82, 2.24) is 0 Å². The molecule has 1 aliphatic rings. The summed E-state index contributed by atoms with van der Waals surface area (Å²) in [6, 6.07) is 0. The van der Waals surface area contributed by atoms with Crippen molar-refractivity contribution in [1.29, 1.82) is 0 Å². The maximum atomic E-state index is 14.2. The Morgan fingerprint density at radius 1 is 0.762 bits per heavy atom. The molecule has 0 nitrogen and oxygen atoms in total. The van der Waals surface area contributed by atoms with Crippen molar-refractivity contribution in [3.8, 4) is 0 Å². The number of halogens is 5. The number of hydrogen-bond acceptors (Lipinski definition) is 2. The lowest BCUT2D eigenvalue weighted by Gasteiger charge is -2.46. The molecule has 7 heteroatoms. The van der Waals surface area contributed by atoms with Crippen molar-refractivity contribution in [2.24, 2.45) is 5.41 Å². The van der Waals surface area contributed by atoms with E-state index in [0.29, 0.717) is 11.5 Å². The summed E-state index contributed by atoms with van der Waals surface area (Å²) in [5, 5.41) is 0. The molecule has 0 bridgehead atoms. The maximum Gasteiger partial charge on any atom is 0.200 e. The smallest absolute Gasteiger partial charge is 0.200 e. The molecule has 1 aliphatic heterocycles. The zero-order valence-corrected chi connectivity index (χ0v) is 13.5. The number of hydrogen-bond donors (Lipinski definition) is 0.